The maximum Gasteiger partial charge on any atom is 0.325 e. The minimum absolute atomic E-state index is 0.187. The molecule has 0 radical (unpaired) electrons. The molecule has 2 aliphatic rings. The number of benzene rings is 1. The Kier molecular flexibility index (Phi) is 4.65. The van der Waals surface area contributed by atoms with Crippen LogP contribution in [0.1, 0.15) is 25.3 Å². The summed E-state index contributed by atoms with van der Waals surface area (Å²) in [6.45, 7) is 1.94. The van der Waals surface area contributed by atoms with Gasteiger partial charge < -0.3 is 15.4 Å². The van der Waals surface area contributed by atoms with Crippen molar-refractivity contribution in [2.75, 3.05) is 20.2 Å². The Morgan fingerprint density at radius 3 is 2.60 bits per heavy atom. The second-order valence-corrected chi connectivity index (χ2v) is 6.75. The van der Waals surface area contributed by atoms with Crippen molar-refractivity contribution in [1.29, 1.82) is 0 Å². The van der Waals surface area contributed by atoms with Crippen molar-refractivity contribution in [3.05, 3.63) is 29.8 Å². The maximum atomic E-state index is 12.5. The molecular formula is C18H23N3O4. The van der Waals surface area contributed by atoms with Crippen molar-refractivity contribution >= 4 is 17.8 Å². The minimum Gasteiger partial charge on any atom is -0.497 e. The molecule has 0 spiro atoms. The highest BCUT2D eigenvalue weighted by Gasteiger charge is 2.56. The van der Waals surface area contributed by atoms with Crippen molar-refractivity contribution in [3.63, 3.8) is 0 Å². The molecule has 1 aliphatic heterocycles. The Morgan fingerprint density at radius 2 is 2.00 bits per heavy atom. The Labute approximate surface area is 146 Å². The van der Waals surface area contributed by atoms with Crippen LogP contribution >= 0.6 is 0 Å². The van der Waals surface area contributed by atoms with Crippen LogP contribution in [0.4, 0.5) is 4.79 Å². The first-order chi connectivity index (χ1) is 11.9. The van der Waals surface area contributed by atoms with Gasteiger partial charge in [-0.3, -0.25) is 14.5 Å². The van der Waals surface area contributed by atoms with E-state index in [4.69, 9.17) is 4.74 Å². The van der Waals surface area contributed by atoms with Gasteiger partial charge in [0.05, 0.1) is 7.11 Å². The molecule has 1 aliphatic carbocycles. The number of nitrogens with zero attached hydrogens (tertiary/aromatic N) is 1. The molecule has 1 heterocycles. The van der Waals surface area contributed by atoms with Gasteiger partial charge in [-0.05, 0) is 49.8 Å². The number of urea groups is 1. The van der Waals surface area contributed by atoms with Crippen LogP contribution in [0.2, 0.25) is 0 Å². The average Bonchev–Trinajstić information content (AvgIpc) is 3.42. The average molecular weight is 345 g/mol. The van der Waals surface area contributed by atoms with Crippen LogP contribution in [0.15, 0.2) is 24.3 Å². The quantitative estimate of drug-likeness (QED) is 0.724. The molecule has 2 fully saturated rings. The Balaban J connectivity index is 1.47. The second-order valence-electron chi connectivity index (χ2n) is 6.75. The van der Waals surface area contributed by atoms with Gasteiger partial charge in [-0.2, -0.15) is 0 Å². The van der Waals surface area contributed by atoms with Crippen LogP contribution in [0.5, 0.6) is 5.75 Å². The second kappa shape index (κ2) is 6.74. The van der Waals surface area contributed by atoms with Crippen molar-refractivity contribution in [3.8, 4) is 5.75 Å². The summed E-state index contributed by atoms with van der Waals surface area (Å²) in [7, 11) is 1.61. The summed E-state index contributed by atoms with van der Waals surface area (Å²) in [6.07, 6.45) is 2.53. The van der Waals surface area contributed by atoms with Crippen LogP contribution in [-0.4, -0.2) is 48.5 Å². The number of nitrogens with one attached hydrogen (secondary N) is 2. The lowest BCUT2D eigenvalue weighted by Crippen LogP contribution is -2.47. The first-order valence-corrected chi connectivity index (χ1v) is 8.48. The zero-order valence-electron chi connectivity index (χ0n) is 14.5. The van der Waals surface area contributed by atoms with Gasteiger partial charge in [-0.15, -0.1) is 0 Å². The van der Waals surface area contributed by atoms with Crippen LogP contribution in [-0.2, 0) is 16.0 Å². The normalized spacial score (nSPS) is 22.7. The fraction of sp³-hybridized carbons (Fsp3) is 0.500. The number of amides is 4. The molecule has 25 heavy (non-hydrogen) atoms. The molecule has 1 saturated carbocycles. The number of imide groups is 1. The summed E-state index contributed by atoms with van der Waals surface area (Å²) in [4.78, 5) is 37.6. The highest BCUT2D eigenvalue weighted by Crippen LogP contribution is 2.42. The van der Waals surface area contributed by atoms with E-state index in [9.17, 15) is 14.4 Å². The lowest BCUT2D eigenvalue weighted by molar-refractivity contribution is -0.135. The van der Waals surface area contributed by atoms with Gasteiger partial charge in [0, 0.05) is 6.54 Å². The van der Waals surface area contributed by atoms with Crippen molar-refractivity contribution < 1.29 is 19.1 Å². The van der Waals surface area contributed by atoms with E-state index in [0.717, 1.165) is 29.1 Å². The summed E-state index contributed by atoms with van der Waals surface area (Å²) in [5.41, 5.74) is 0.220. The lowest BCUT2D eigenvalue weighted by Gasteiger charge is -2.20. The van der Waals surface area contributed by atoms with Crippen LogP contribution in [0.3, 0.4) is 0 Å². The Bertz CT molecular complexity index is 684. The van der Waals surface area contributed by atoms with Crippen LogP contribution in [0, 0.1) is 5.92 Å². The molecule has 1 aromatic rings. The fourth-order valence-corrected chi connectivity index (χ4v) is 3.13. The van der Waals surface area contributed by atoms with E-state index in [2.05, 4.69) is 10.6 Å². The zero-order valence-corrected chi connectivity index (χ0v) is 14.5. The fourth-order valence-electron chi connectivity index (χ4n) is 3.13. The molecule has 4 amide bonds. The molecule has 7 nitrogen and oxygen atoms in total. The molecule has 0 aromatic heterocycles. The number of carbonyl (C=O) groups excluding carboxylic acids is 3. The number of ether oxygens (including phenoxy) is 1. The molecule has 2 N–H and O–H groups in total. The molecule has 134 valence electrons. The van der Waals surface area contributed by atoms with Crippen molar-refractivity contribution in [2.24, 2.45) is 5.92 Å². The van der Waals surface area contributed by atoms with Gasteiger partial charge in [-0.1, -0.05) is 12.1 Å². The van der Waals surface area contributed by atoms with E-state index < -0.39 is 11.6 Å². The first kappa shape index (κ1) is 17.3. The predicted molar refractivity (Wildman–Crippen MR) is 91.1 cm³/mol. The molecule has 7 heteroatoms. The van der Waals surface area contributed by atoms with Crippen LogP contribution < -0.4 is 15.4 Å². The van der Waals surface area contributed by atoms with E-state index in [-0.39, 0.29) is 24.3 Å². The third kappa shape index (κ3) is 3.60. The summed E-state index contributed by atoms with van der Waals surface area (Å²) in [5.74, 6) is 0.333. The topological polar surface area (TPSA) is 87.7 Å². The highest BCUT2D eigenvalue weighted by atomic mass is 16.5. The molecule has 1 unspecified atom stereocenters. The van der Waals surface area contributed by atoms with E-state index in [0.29, 0.717) is 13.0 Å². The van der Waals surface area contributed by atoms with Gasteiger partial charge in [0.15, 0.2) is 0 Å². The van der Waals surface area contributed by atoms with Gasteiger partial charge in [0.25, 0.3) is 5.91 Å². The highest BCUT2D eigenvalue weighted by molar-refractivity contribution is 6.09. The maximum absolute atomic E-state index is 12.5. The van der Waals surface area contributed by atoms with E-state index in [1.54, 1.807) is 14.0 Å². The van der Waals surface area contributed by atoms with E-state index >= 15 is 0 Å². The van der Waals surface area contributed by atoms with Crippen molar-refractivity contribution in [1.82, 2.24) is 15.5 Å². The first-order valence-electron chi connectivity index (χ1n) is 8.48. The Hall–Kier alpha value is -2.57. The third-order valence-corrected chi connectivity index (χ3v) is 4.89. The van der Waals surface area contributed by atoms with E-state index in [1.165, 1.54) is 0 Å². The number of methoxy groups -OCH3 is 1. The SMILES string of the molecule is COc1ccc(CCNC(=O)CN2C(=O)NC(C)(C3CC3)C2=O)cc1. The number of hydrogen-bond donors (Lipinski definition) is 2. The van der Waals surface area contributed by atoms with Gasteiger partial charge in [-0.25, -0.2) is 4.79 Å². The molecule has 0 bridgehead atoms. The predicted octanol–water partition coefficient (Wildman–Crippen LogP) is 1.07. The van der Waals surface area contributed by atoms with Gasteiger partial charge >= 0.3 is 6.03 Å². The molecule has 1 atom stereocenters. The standard InChI is InChI=1S/C18H23N3O4/c1-18(13-5-6-13)16(23)21(17(24)20-18)11-15(22)19-10-9-12-3-7-14(25-2)8-4-12/h3-4,7-8,13H,5-6,9-11H2,1-2H3,(H,19,22)(H,20,24). The van der Waals surface area contributed by atoms with Crippen LogP contribution in [0.25, 0.3) is 0 Å². The van der Waals surface area contributed by atoms with Gasteiger partial charge in [0.1, 0.15) is 17.8 Å². The summed E-state index contributed by atoms with van der Waals surface area (Å²) in [5, 5.41) is 5.49. The van der Waals surface area contributed by atoms with E-state index in [1.807, 2.05) is 24.3 Å². The molecule has 1 aromatic carbocycles. The number of hydrogen-bond acceptors (Lipinski definition) is 4. The summed E-state index contributed by atoms with van der Waals surface area (Å²) < 4.78 is 5.10. The number of carbonyl (C=O) groups is 3. The van der Waals surface area contributed by atoms with Gasteiger partial charge in [0.2, 0.25) is 5.91 Å². The third-order valence-electron chi connectivity index (χ3n) is 4.89. The number of rotatable bonds is 7. The van der Waals surface area contributed by atoms with Crippen molar-refractivity contribution in [2.45, 2.75) is 31.7 Å². The smallest absolute Gasteiger partial charge is 0.325 e. The minimum atomic E-state index is -0.847. The summed E-state index contributed by atoms with van der Waals surface area (Å²) in [6, 6.07) is 7.11. The largest absolute Gasteiger partial charge is 0.497 e. The molecule has 1 saturated heterocycles. The monoisotopic (exact) mass is 345 g/mol. The molecular weight excluding hydrogens is 322 g/mol. The zero-order chi connectivity index (χ0) is 18.0. The Morgan fingerprint density at radius 1 is 1.32 bits per heavy atom. The lowest BCUT2D eigenvalue weighted by atomic mass is 9.96. The molecule has 3 rings (SSSR count). The summed E-state index contributed by atoms with van der Waals surface area (Å²) >= 11 is 0.